The van der Waals surface area contributed by atoms with E-state index in [1.165, 1.54) is 0 Å². The van der Waals surface area contributed by atoms with Crippen molar-refractivity contribution in [2.24, 2.45) is 0 Å². The molecule has 0 amide bonds. The van der Waals surface area contributed by atoms with E-state index in [9.17, 15) is 0 Å². The zero-order valence-corrected chi connectivity index (χ0v) is 16.6. The Morgan fingerprint density at radius 1 is 1.13 bits per heavy atom. The summed E-state index contributed by atoms with van der Waals surface area (Å²) < 4.78 is 13.0. The first-order chi connectivity index (χ1) is 14.7. The molecular formula is C22H20N6O2. The first kappa shape index (κ1) is 18.0. The molecule has 5 rings (SSSR count). The summed E-state index contributed by atoms with van der Waals surface area (Å²) in [5, 5.41) is 11.5. The molecule has 0 atom stereocenters. The largest absolute Gasteiger partial charge is 0.493 e. The number of benzene rings is 2. The smallest absolute Gasteiger partial charge is 0.180 e. The van der Waals surface area contributed by atoms with Crippen molar-refractivity contribution >= 4 is 28.1 Å². The van der Waals surface area contributed by atoms with E-state index in [2.05, 4.69) is 20.5 Å². The molecule has 0 aliphatic rings. The van der Waals surface area contributed by atoms with Crippen LogP contribution in [0.2, 0.25) is 0 Å². The van der Waals surface area contributed by atoms with Crippen molar-refractivity contribution in [2.75, 3.05) is 19.0 Å². The third kappa shape index (κ3) is 3.18. The summed E-state index contributed by atoms with van der Waals surface area (Å²) in [4.78, 5) is 9.29. The monoisotopic (exact) mass is 400 g/mol. The van der Waals surface area contributed by atoms with Crippen LogP contribution in [0.3, 0.4) is 0 Å². The molecule has 2 aromatic carbocycles. The first-order valence-corrected chi connectivity index (χ1v) is 9.60. The second-order valence-electron chi connectivity index (χ2n) is 6.73. The summed E-state index contributed by atoms with van der Waals surface area (Å²) in [5.74, 6) is 2.00. The van der Waals surface area contributed by atoms with Crippen LogP contribution in [0, 0.1) is 0 Å². The van der Waals surface area contributed by atoms with Crippen molar-refractivity contribution in [2.45, 2.75) is 6.92 Å². The average Bonchev–Trinajstić information content (AvgIpc) is 3.43. The van der Waals surface area contributed by atoms with Crippen LogP contribution >= 0.6 is 0 Å². The van der Waals surface area contributed by atoms with Gasteiger partial charge >= 0.3 is 0 Å². The topological polar surface area (TPSA) is 89.4 Å². The van der Waals surface area contributed by atoms with Crippen molar-refractivity contribution in [1.29, 1.82) is 0 Å². The number of fused-ring (bicyclic) bond motifs is 2. The average molecular weight is 400 g/mol. The molecule has 0 saturated heterocycles. The number of aromatic amines is 1. The van der Waals surface area contributed by atoms with E-state index < -0.39 is 0 Å². The fraction of sp³-hybridized carbons (Fsp3) is 0.136. The molecule has 3 aromatic heterocycles. The summed E-state index contributed by atoms with van der Waals surface area (Å²) in [6.45, 7) is 2.51. The molecule has 5 aromatic rings. The van der Waals surface area contributed by atoms with Crippen molar-refractivity contribution in [3.05, 3.63) is 61.2 Å². The van der Waals surface area contributed by atoms with E-state index >= 15 is 0 Å². The van der Waals surface area contributed by atoms with Gasteiger partial charge in [0.1, 0.15) is 0 Å². The molecule has 0 saturated carbocycles. The minimum absolute atomic E-state index is 0.572. The van der Waals surface area contributed by atoms with E-state index in [-0.39, 0.29) is 0 Å². The highest BCUT2D eigenvalue weighted by atomic mass is 16.5. The van der Waals surface area contributed by atoms with E-state index in [0.717, 1.165) is 33.5 Å². The van der Waals surface area contributed by atoms with Gasteiger partial charge in [-0.3, -0.25) is 5.10 Å². The van der Waals surface area contributed by atoms with Crippen LogP contribution in [0.15, 0.2) is 61.2 Å². The number of nitrogens with zero attached hydrogens (tertiary/aromatic N) is 4. The summed E-state index contributed by atoms with van der Waals surface area (Å²) in [6, 6.07) is 11.8. The zero-order valence-electron chi connectivity index (χ0n) is 16.6. The van der Waals surface area contributed by atoms with Gasteiger partial charge in [0, 0.05) is 41.3 Å². The second kappa shape index (κ2) is 7.40. The summed E-state index contributed by atoms with van der Waals surface area (Å²) in [5.41, 5.74) is 4.32. The van der Waals surface area contributed by atoms with Gasteiger partial charge < -0.3 is 19.2 Å². The van der Waals surface area contributed by atoms with E-state index in [4.69, 9.17) is 14.5 Å². The van der Waals surface area contributed by atoms with Crippen LogP contribution in [0.4, 0.5) is 11.5 Å². The van der Waals surface area contributed by atoms with Gasteiger partial charge in [-0.05, 0) is 25.1 Å². The number of rotatable bonds is 6. The van der Waals surface area contributed by atoms with Gasteiger partial charge in [-0.2, -0.15) is 5.10 Å². The van der Waals surface area contributed by atoms with Crippen LogP contribution in [0.5, 0.6) is 11.5 Å². The van der Waals surface area contributed by atoms with Crippen molar-refractivity contribution in [1.82, 2.24) is 24.6 Å². The SMILES string of the molecule is CCOc1ccc(Nc2nc(-c3ccc4cn[nH]c4c3)cn3ccnc23)cc1OC. The molecule has 150 valence electrons. The summed E-state index contributed by atoms with van der Waals surface area (Å²) in [7, 11) is 1.62. The number of anilines is 2. The Morgan fingerprint density at radius 3 is 2.93 bits per heavy atom. The van der Waals surface area contributed by atoms with Crippen LogP contribution < -0.4 is 14.8 Å². The molecule has 8 nitrogen and oxygen atoms in total. The van der Waals surface area contributed by atoms with Gasteiger partial charge in [-0.25, -0.2) is 9.97 Å². The molecule has 0 unspecified atom stereocenters. The molecule has 0 bridgehead atoms. The lowest BCUT2D eigenvalue weighted by Crippen LogP contribution is -2.01. The third-order valence-corrected chi connectivity index (χ3v) is 4.84. The lowest BCUT2D eigenvalue weighted by molar-refractivity contribution is 0.311. The normalized spacial score (nSPS) is 11.1. The van der Waals surface area contributed by atoms with Gasteiger partial charge in [0.25, 0.3) is 0 Å². The van der Waals surface area contributed by atoms with Gasteiger partial charge in [-0.1, -0.05) is 12.1 Å². The maximum atomic E-state index is 5.60. The number of nitrogens with one attached hydrogen (secondary N) is 2. The molecule has 0 aliphatic carbocycles. The maximum Gasteiger partial charge on any atom is 0.180 e. The molecule has 0 spiro atoms. The lowest BCUT2D eigenvalue weighted by Gasteiger charge is -2.13. The van der Waals surface area contributed by atoms with Crippen LogP contribution in [0.25, 0.3) is 27.8 Å². The minimum atomic E-state index is 0.572. The second-order valence-corrected chi connectivity index (χ2v) is 6.73. The van der Waals surface area contributed by atoms with Crippen molar-refractivity contribution in [3.8, 4) is 22.8 Å². The lowest BCUT2D eigenvalue weighted by atomic mass is 10.1. The summed E-state index contributed by atoms with van der Waals surface area (Å²) in [6.07, 6.45) is 7.42. The van der Waals surface area contributed by atoms with Gasteiger partial charge in [0.2, 0.25) is 0 Å². The number of imidazole rings is 1. The molecule has 0 aliphatic heterocycles. The predicted molar refractivity (Wildman–Crippen MR) is 116 cm³/mol. The Bertz CT molecular complexity index is 1340. The standard InChI is InChI=1S/C22H20N6O2/c1-3-30-19-7-6-16(11-20(19)29-2)25-21-22-23-8-9-28(22)13-18(26-21)14-4-5-15-12-24-27-17(15)10-14/h4-13H,3H2,1-2H3,(H,24,27)(H,25,26). The fourth-order valence-electron chi connectivity index (χ4n) is 3.41. The third-order valence-electron chi connectivity index (χ3n) is 4.84. The highest BCUT2D eigenvalue weighted by Crippen LogP contribution is 2.32. The summed E-state index contributed by atoms with van der Waals surface area (Å²) >= 11 is 0. The van der Waals surface area contributed by atoms with E-state index in [0.29, 0.717) is 23.9 Å². The zero-order chi connectivity index (χ0) is 20.5. The highest BCUT2D eigenvalue weighted by Gasteiger charge is 2.12. The fourth-order valence-corrected chi connectivity index (χ4v) is 3.41. The molecular weight excluding hydrogens is 380 g/mol. The van der Waals surface area contributed by atoms with Gasteiger partial charge in [-0.15, -0.1) is 0 Å². The first-order valence-electron chi connectivity index (χ1n) is 9.60. The Balaban J connectivity index is 1.56. The van der Waals surface area contributed by atoms with Crippen LogP contribution in [-0.4, -0.2) is 38.3 Å². The van der Waals surface area contributed by atoms with Crippen LogP contribution in [0.1, 0.15) is 6.92 Å². The van der Waals surface area contributed by atoms with E-state index in [1.54, 1.807) is 19.5 Å². The number of ether oxygens (including phenoxy) is 2. The predicted octanol–water partition coefficient (Wildman–Crippen LogP) is 4.42. The van der Waals surface area contributed by atoms with Gasteiger partial charge in [0.05, 0.1) is 31.1 Å². The molecule has 3 heterocycles. The number of hydrogen-bond donors (Lipinski definition) is 2. The van der Waals surface area contributed by atoms with Gasteiger partial charge in [0.15, 0.2) is 23.0 Å². The molecule has 0 radical (unpaired) electrons. The molecule has 0 fully saturated rings. The Hall–Kier alpha value is -4.07. The van der Waals surface area contributed by atoms with Crippen LogP contribution in [-0.2, 0) is 0 Å². The Kier molecular flexibility index (Phi) is 4.44. The maximum absolute atomic E-state index is 5.60. The molecule has 8 heteroatoms. The number of hydrogen-bond acceptors (Lipinski definition) is 6. The minimum Gasteiger partial charge on any atom is -0.493 e. The Labute approximate surface area is 172 Å². The van der Waals surface area contributed by atoms with Crippen molar-refractivity contribution < 1.29 is 9.47 Å². The number of methoxy groups -OCH3 is 1. The number of aromatic nitrogens is 5. The highest BCUT2D eigenvalue weighted by molar-refractivity contribution is 5.84. The van der Waals surface area contributed by atoms with Crippen molar-refractivity contribution in [3.63, 3.8) is 0 Å². The molecule has 2 N–H and O–H groups in total. The number of H-pyrrole nitrogens is 1. The van der Waals surface area contributed by atoms with E-state index in [1.807, 2.05) is 60.1 Å². The molecule has 30 heavy (non-hydrogen) atoms. The Morgan fingerprint density at radius 2 is 2.07 bits per heavy atom. The quantitative estimate of drug-likeness (QED) is 0.438.